The van der Waals surface area contributed by atoms with Gasteiger partial charge in [0, 0.05) is 6.42 Å². The Morgan fingerprint density at radius 1 is 0.808 bits per heavy atom. The summed E-state index contributed by atoms with van der Waals surface area (Å²) < 4.78 is 27.5. The van der Waals surface area contributed by atoms with Crippen LogP contribution in [0, 0.1) is 11.6 Å². The van der Waals surface area contributed by atoms with Gasteiger partial charge in [-0.2, -0.15) is 0 Å². The average molecular weight is 348 g/mol. The number of benzene rings is 3. The van der Waals surface area contributed by atoms with Crippen LogP contribution in [0.25, 0.3) is 0 Å². The van der Waals surface area contributed by atoms with Gasteiger partial charge in [-0.1, -0.05) is 60.7 Å². The lowest BCUT2D eigenvalue weighted by Gasteiger charge is -2.19. The Bertz CT molecular complexity index is 923. The number of amidine groups is 1. The summed E-state index contributed by atoms with van der Waals surface area (Å²) in [6.07, 6.45) is 0.232. The monoisotopic (exact) mass is 348 g/mol. The molecule has 0 radical (unpaired) electrons. The zero-order valence-corrected chi connectivity index (χ0v) is 14.1. The number of hydrogen-bond acceptors (Lipinski definition) is 2. The van der Waals surface area contributed by atoms with Crippen LogP contribution in [0.15, 0.2) is 83.9 Å². The fraction of sp³-hybridized carbons (Fsp3) is 0.136. The molecule has 0 aliphatic carbocycles. The van der Waals surface area contributed by atoms with Gasteiger partial charge in [0.05, 0.1) is 6.04 Å². The van der Waals surface area contributed by atoms with E-state index in [-0.39, 0.29) is 18.5 Å². The third-order valence-electron chi connectivity index (χ3n) is 4.60. The highest BCUT2D eigenvalue weighted by Gasteiger charge is 2.31. The van der Waals surface area contributed by atoms with Gasteiger partial charge in [0.15, 0.2) is 0 Å². The highest BCUT2D eigenvalue weighted by atomic mass is 19.1. The zero-order valence-electron chi connectivity index (χ0n) is 14.1. The minimum atomic E-state index is -0.445. The smallest absolute Gasteiger partial charge is 0.127 e. The van der Waals surface area contributed by atoms with Crippen LogP contribution < -0.4 is 5.32 Å². The molecule has 1 aliphatic heterocycles. The fourth-order valence-electron chi connectivity index (χ4n) is 3.34. The van der Waals surface area contributed by atoms with Gasteiger partial charge in [-0.3, -0.25) is 4.99 Å². The Kier molecular flexibility index (Phi) is 4.48. The SMILES string of the molecule is Fc1ccc(F)c(CC2=NC(c3ccccc3)C(c3ccccc3)N2)c1. The van der Waals surface area contributed by atoms with E-state index in [0.29, 0.717) is 11.4 Å². The topological polar surface area (TPSA) is 24.4 Å². The largest absolute Gasteiger partial charge is 0.364 e. The second kappa shape index (κ2) is 7.08. The van der Waals surface area contributed by atoms with Crippen LogP contribution in [0.5, 0.6) is 0 Å². The van der Waals surface area contributed by atoms with Crippen molar-refractivity contribution in [3.05, 3.63) is 107 Å². The molecule has 0 fully saturated rings. The molecule has 0 saturated heterocycles. The molecule has 2 atom stereocenters. The minimum Gasteiger partial charge on any atom is -0.364 e. The molecule has 1 aliphatic rings. The van der Waals surface area contributed by atoms with Gasteiger partial charge in [-0.25, -0.2) is 8.78 Å². The number of nitrogens with one attached hydrogen (secondary N) is 1. The maximum atomic E-state index is 14.0. The van der Waals surface area contributed by atoms with Crippen molar-refractivity contribution in [2.24, 2.45) is 4.99 Å². The first-order chi connectivity index (χ1) is 12.7. The Labute approximate surface area is 151 Å². The molecule has 130 valence electrons. The lowest BCUT2D eigenvalue weighted by atomic mass is 9.95. The van der Waals surface area contributed by atoms with Crippen LogP contribution in [-0.2, 0) is 6.42 Å². The molecule has 0 spiro atoms. The summed E-state index contributed by atoms with van der Waals surface area (Å²) in [5, 5.41) is 3.41. The van der Waals surface area contributed by atoms with E-state index < -0.39 is 11.6 Å². The molecule has 0 saturated carbocycles. The summed E-state index contributed by atoms with van der Waals surface area (Å²) in [6.45, 7) is 0. The predicted octanol–water partition coefficient (Wildman–Crippen LogP) is 4.99. The van der Waals surface area contributed by atoms with Gasteiger partial charge < -0.3 is 5.32 Å². The van der Waals surface area contributed by atoms with E-state index in [1.54, 1.807) is 0 Å². The van der Waals surface area contributed by atoms with E-state index in [2.05, 4.69) is 17.4 Å². The van der Waals surface area contributed by atoms with Crippen molar-refractivity contribution in [3.63, 3.8) is 0 Å². The van der Waals surface area contributed by atoms with Crippen LogP contribution >= 0.6 is 0 Å². The lowest BCUT2D eigenvalue weighted by Crippen LogP contribution is -2.26. The van der Waals surface area contributed by atoms with Crippen molar-refractivity contribution < 1.29 is 8.78 Å². The molecule has 0 amide bonds. The van der Waals surface area contributed by atoms with E-state index in [0.717, 1.165) is 23.3 Å². The van der Waals surface area contributed by atoms with Crippen LogP contribution in [0.1, 0.15) is 28.8 Å². The number of hydrogen-bond donors (Lipinski definition) is 1. The molecule has 4 rings (SSSR count). The summed E-state index contributed by atoms with van der Waals surface area (Å²) in [7, 11) is 0. The van der Waals surface area contributed by atoms with Gasteiger partial charge in [-0.05, 0) is 34.9 Å². The first-order valence-corrected chi connectivity index (χ1v) is 8.58. The van der Waals surface area contributed by atoms with Gasteiger partial charge in [0.1, 0.15) is 23.5 Å². The number of halogens is 2. The first-order valence-electron chi connectivity index (χ1n) is 8.58. The Morgan fingerprint density at radius 2 is 1.46 bits per heavy atom. The third kappa shape index (κ3) is 3.36. The zero-order chi connectivity index (χ0) is 17.9. The Balaban J connectivity index is 1.67. The maximum Gasteiger partial charge on any atom is 0.127 e. The summed E-state index contributed by atoms with van der Waals surface area (Å²) in [4.78, 5) is 4.80. The first kappa shape index (κ1) is 16.5. The van der Waals surface area contributed by atoms with Crippen LogP contribution in [0.4, 0.5) is 8.78 Å². The Morgan fingerprint density at radius 3 is 2.15 bits per heavy atom. The summed E-state index contributed by atoms with van der Waals surface area (Å²) in [6, 6.07) is 23.4. The van der Waals surface area contributed by atoms with E-state index in [1.165, 1.54) is 6.07 Å². The predicted molar refractivity (Wildman–Crippen MR) is 99.0 cm³/mol. The number of nitrogens with zero attached hydrogens (tertiary/aromatic N) is 1. The molecule has 2 nitrogen and oxygen atoms in total. The van der Waals surface area contributed by atoms with Gasteiger partial charge >= 0.3 is 0 Å². The van der Waals surface area contributed by atoms with E-state index in [1.807, 2.05) is 48.5 Å². The summed E-state index contributed by atoms with van der Waals surface area (Å²) in [5.41, 5.74) is 2.50. The van der Waals surface area contributed by atoms with Crippen molar-refractivity contribution in [2.45, 2.75) is 18.5 Å². The molecule has 2 unspecified atom stereocenters. The van der Waals surface area contributed by atoms with Crippen molar-refractivity contribution in [2.75, 3.05) is 0 Å². The van der Waals surface area contributed by atoms with Crippen molar-refractivity contribution in [1.29, 1.82) is 0 Å². The summed E-state index contributed by atoms with van der Waals surface area (Å²) >= 11 is 0. The van der Waals surface area contributed by atoms with E-state index in [4.69, 9.17) is 4.99 Å². The quantitative estimate of drug-likeness (QED) is 0.706. The van der Waals surface area contributed by atoms with Crippen LogP contribution in [-0.4, -0.2) is 5.84 Å². The second-order valence-corrected chi connectivity index (χ2v) is 6.38. The van der Waals surface area contributed by atoms with E-state index in [9.17, 15) is 8.78 Å². The van der Waals surface area contributed by atoms with Crippen LogP contribution in [0.2, 0.25) is 0 Å². The molecule has 1 N–H and O–H groups in total. The van der Waals surface area contributed by atoms with Crippen molar-refractivity contribution >= 4 is 5.84 Å². The highest BCUT2D eigenvalue weighted by Crippen LogP contribution is 2.36. The van der Waals surface area contributed by atoms with Gasteiger partial charge in [0.2, 0.25) is 0 Å². The van der Waals surface area contributed by atoms with Crippen molar-refractivity contribution in [3.8, 4) is 0 Å². The minimum absolute atomic E-state index is 0.0368. The normalized spacial score (nSPS) is 19.1. The molecule has 1 heterocycles. The Hall–Kier alpha value is -3.01. The molecule has 0 bridgehead atoms. The number of rotatable bonds is 4. The molecule has 3 aromatic rings. The van der Waals surface area contributed by atoms with Gasteiger partial charge in [0.25, 0.3) is 0 Å². The van der Waals surface area contributed by atoms with Gasteiger partial charge in [-0.15, -0.1) is 0 Å². The molecular weight excluding hydrogens is 330 g/mol. The molecule has 3 aromatic carbocycles. The second-order valence-electron chi connectivity index (χ2n) is 6.38. The highest BCUT2D eigenvalue weighted by molar-refractivity contribution is 5.87. The lowest BCUT2D eigenvalue weighted by molar-refractivity contribution is 0.570. The average Bonchev–Trinajstić information content (AvgIpc) is 3.10. The molecule has 26 heavy (non-hydrogen) atoms. The summed E-state index contributed by atoms with van der Waals surface area (Å²) in [5.74, 6) is -0.202. The van der Waals surface area contributed by atoms with E-state index >= 15 is 0 Å². The molecular formula is C22H18F2N2. The maximum absolute atomic E-state index is 14.0. The van der Waals surface area contributed by atoms with Crippen LogP contribution in [0.3, 0.4) is 0 Å². The molecule has 0 aromatic heterocycles. The number of aliphatic imine (C=N–C) groups is 1. The molecule has 4 heteroatoms. The fourth-order valence-corrected chi connectivity index (χ4v) is 3.34. The van der Waals surface area contributed by atoms with Crippen molar-refractivity contribution in [1.82, 2.24) is 5.32 Å². The standard InChI is InChI=1S/C22H18F2N2/c23-18-11-12-19(24)17(13-18)14-20-25-21(15-7-3-1-4-8-15)22(26-20)16-9-5-2-6-10-16/h1-13,21-22H,14H2,(H,25,26). The third-order valence-corrected chi connectivity index (χ3v) is 4.60.